The number of rotatable bonds is 9. The van der Waals surface area contributed by atoms with Crippen molar-refractivity contribution in [3.05, 3.63) is 65.8 Å². The number of carbonyl (C=O) groups is 2. The van der Waals surface area contributed by atoms with Crippen LogP contribution in [0.25, 0.3) is 22.4 Å². The van der Waals surface area contributed by atoms with Crippen molar-refractivity contribution in [2.45, 2.75) is 36.6 Å². The zero-order chi connectivity index (χ0) is 28.6. The van der Waals surface area contributed by atoms with Gasteiger partial charge in [0.15, 0.2) is 23.9 Å². The second-order valence-electron chi connectivity index (χ2n) is 9.04. The van der Waals surface area contributed by atoms with E-state index in [0.717, 1.165) is 10.1 Å². The van der Waals surface area contributed by atoms with Gasteiger partial charge in [-0.1, -0.05) is 30.3 Å². The molecule has 0 aliphatic carbocycles. The van der Waals surface area contributed by atoms with Gasteiger partial charge in [0, 0.05) is 18.2 Å². The maximum atomic E-state index is 15.2. The Balaban J connectivity index is 1.35. The molecule has 0 amide bonds. The number of ether oxygens (including phenoxy) is 2. The highest BCUT2D eigenvalue weighted by molar-refractivity contribution is 6.28. The summed E-state index contributed by atoms with van der Waals surface area (Å²) in [6.07, 6.45) is -4.51. The van der Waals surface area contributed by atoms with Crippen LogP contribution in [0.1, 0.15) is 11.8 Å². The molecule has 4 aromatic rings. The fourth-order valence-corrected chi connectivity index (χ4v) is 4.59. The Hall–Kier alpha value is -4.24. The van der Waals surface area contributed by atoms with E-state index in [1.54, 1.807) is 42.6 Å². The Kier molecular flexibility index (Phi) is 7.33. The lowest BCUT2D eigenvalue weighted by molar-refractivity contribution is -0.190. The minimum Gasteiger partial charge on any atom is -0.479 e. The van der Waals surface area contributed by atoms with Crippen LogP contribution in [0.2, 0.25) is 5.28 Å². The van der Waals surface area contributed by atoms with Crippen LogP contribution < -0.4 is 5.73 Å². The highest BCUT2D eigenvalue weighted by Crippen LogP contribution is 2.35. The van der Waals surface area contributed by atoms with Gasteiger partial charge in [0.2, 0.25) is 5.28 Å². The number of pyridine rings is 1. The first-order chi connectivity index (χ1) is 19.1. The topological polar surface area (TPSA) is 196 Å². The highest BCUT2D eigenvalue weighted by Gasteiger charge is 2.52. The molecular weight excluding hydrogens is 551 g/mol. The van der Waals surface area contributed by atoms with Crippen LogP contribution in [0.3, 0.4) is 0 Å². The quantitative estimate of drug-likeness (QED) is 0.168. The fourth-order valence-electron chi connectivity index (χ4n) is 4.42. The molecule has 4 heterocycles. The molecule has 4 atom stereocenters. The molecule has 0 radical (unpaired) electrons. The van der Waals surface area contributed by atoms with E-state index < -0.39 is 55.2 Å². The summed E-state index contributed by atoms with van der Waals surface area (Å²) < 4.78 is 27.3. The normalized spacial score (nSPS) is 21.1. The van der Waals surface area contributed by atoms with E-state index in [9.17, 15) is 24.9 Å². The third kappa shape index (κ3) is 4.93. The molecule has 3 aromatic heterocycles. The van der Waals surface area contributed by atoms with E-state index in [1.807, 2.05) is 6.07 Å². The van der Waals surface area contributed by atoms with Crippen molar-refractivity contribution in [1.29, 1.82) is 0 Å². The summed E-state index contributed by atoms with van der Waals surface area (Å²) in [5.41, 5.74) is 4.96. The Morgan fingerprint density at radius 3 is 2.50 bits per heavy atom. The van der Waals surface area contributed by atoms with Gasteiger partial charge < -0.3 is 30.5 Å². The molecule has 1 aliphatic heterocycles. The zero-order valence-electron chi connectivity index (χ0n) is 20.5. The smallest absolute Gasteiger partial charge is 0.348 e. The first kappa shape index (κ1) is 27.3. The van der Waals surface area contributed by atoms with E-state index >= 15 is 4.39 Å². The number of nitrogens with zero attached hydrogens (tertiary/aromatic N) is 5. The second kappa shape index (κ2) is 10.7. The standard InChI is InChI=1S/C25H22ClFN6O7/c26-24-31-19(28)17-20(32-24)33(11-30-17)21-16(27)18(34)15(40-21)10-39-25(22(35)36,23(37)38)9-12-4-6-13(7-5-12)14-3-1-2-8-29-14/h1-8,11,15-16,18,21,34H,9-10H2,(H,35,36)(H,37,38)(H2,28,31,32)/t15-,16+,18-,21-/m1/s1. The van der Waals surface area contributed by atoms with Gasteiger partial charge in [0.1, 0.15) is 17.7 Å². The molecule has 208 valence electrons. The molecule has 13 nitrogen and oxygen atoms in total. The number of fused-ring (bicyclic) bond motifs is 1. The summed E-state index contributed by atoms with van der Waals surface area (Å²) in [6, 6.07) is 11.8. The van der Waals surface area contributed by atoms with Crippen molar-refractivity contribution in [1.82, 2.24) is 24.5 Å². The highest BCUT2D eigenvalue weighted by atomic mass is 35.5. The summed E-state index contributed by atoms with van der Waals surface area (Å²) in [5, 5.41) is 30.1. The number of aliphatic hydroxyl groups excluding tert-OH is 1. The molecule has 0 spiro atoms. The van der Waals surface area contributed by atoms with Gasteiger partial charge in [0.25, 0.3) is 5.60 Å². The Morgan fingerprint density at radius 1 is 1.12 bits per heavy atom. The maximum absolute atomic E-state index is 15.2. The number of nitrogens with two attached hydrogens (primary N) is 1. The van der Waals surface area contributed by atoms with Crippen LogP contribution in [0, 0.1) is 0 Å². The van der Waals surface area contributed by atoms with Crippen LogP contribution in [0.4, 0.5) is 10.2 Å². The second-order valence-corrected chi connectivity index (χ2v) is 9.38. The van der Waals surface area contributed by atoms with Crippen LogP contribution >= 0.6 is 11.6 Å². The molecule has 5 N–H and O–H groups in total. The zero-order valence-corrected chi connectivity index (χ0v) is 21.2. The van der Waals surface area contributed by atoms with Crippen LogP contribution in [-0.2, 0) is 25.5 Å². The Labute approximate surface area is 230 Å². The largest absolute Gasteiger partial charge is 0.479 e. The van der Waals surface area contributed by atoms with Gasteiger partial charge in [-0.2, -0.15) is 9.97 Å². The number of carboxylic acid groups (broad SMARTS) is 2. The van der Waals surface area contributed by atoms with Gasteiger partial charge in [-0.05, 0) is 29.3 Å². The molecule has 1 fully saturated rings. The number of hydrogen-bond acceptors (Lipinski definition) is 10. The van der Waals surface area contributed by atoms with Crippen molar-refractivity contribution in [3.63, 3.8) is 0 Å². The summed E-state index contributed by atoms with van der Waals surface area (Å²) >= 11 is 5.86. The molecule has 15 heteroatoms. The van der Waals surface area contributed by atoms with Crippen molar-refractivity contribution < 1.29 is 38.8 Å². The average Bonchev–Trinajstić information content (AvgIpc) is 3.47. The monoisotopic (exact) mass is 572 g/mol. The van der Waals surface area contributed by atoms with Gasteiger partial charge in [-0.3, -0.25) is 9.55 Å². The van der Waals surface area contributed by atoms with E-state index in [-0.39, 0.29) is 22.3 Å². The van der Waals surface area contributed by atoms with E-state index in [4.69, 9.17) is 26.8 Å². The molecule has 0 unspecified atom stereocenters. The Morgan fingerprint density at radius 2 is 1.85 bits per heavy atom. The predicted octanol–water partition coefficient (Wildman–Crippen LogP) is 1.89. The van der Waals surface area contributed by atoms with Gasteiger partial charge in [-0.25, -0.2) is 19.0 Å². The summed E-state index contributed by atoms with van der Waals surface area (Å²) in [7, 11) is 0. The number of halogens is 2. The van der Waals surface area contributed by atoms with Gasteiger partial charge in [0.05, 0.1) is 18.6 Å². The minimum absolute atomic E-state index is 0.0403. The number of aliphatic hydroxyl groups is 1. The van der Waals surface area contributed by atoms with Gasteiger partial charge >= 0.3 is 11.9 Å². The third-order valence-electron chi connectivity index (χ3n) is 6.54. The average molecular weight is 573 g/mol. The number of nitrogen functional groups attached to an aromatic ring is 1. The lowest BCUT2D eigenvalue weighted by Crippen LogP contribution is -2.52. The van der Waals surface area contributed by atoms with E-state index in [0.29, 0.717) is 11.3 Å². The number of imidazole rings is 1. The number of aliphatic carboxylic acids is 2. The molecule has 5 rings (SSSR count). The first-order valence-corrected chi connectivity index (χ1v) is 12.2. The molecule has 1 saturated heterocycles. The number of alkyl halides is 1. The predicted molar refractivity (Wildman–Crippen MR) is 137 cm³/mol. The summed E-state index contributed by atoms with van der Waals surface area (Å²) in [5.74, 6) is -3.61. The SMILES string of the molecule is Nc1nc(Cl)nc2c1ncn2[C@@H]1O[C@H](COC(Cc2ccc(-c3ccccn3)cc2)(C(=O)O)C(=O)O)[C@@H](O)[C@@H]1F. The summed E-state index contributed by atoms with van der Waals surface area (Å²) in [6.45, 7) is -0.757. The fraction of sp³-hybridized carbons (Fsp3) is 0.280. The first-order valence-electron chi connectivity index (χ1n) is 11.8. The number of anilines is 1. The molecular formula is C25H22ClFN6O7. The number of aromatic nitrogens is 5. The van der Waals surface area contributed by atoms with Gasteiger partial charge in [-0.15, -0.1) is 0 Å². The van der Waals surface area contributed by atoms with Crippen molar-refractivity contribution in [2.75, 3.05) is 12.3 Å². The molecule has 1 aliphatic rings. The summed E-state index contributed by atoms with van der Waals surface area (Å²) in [4.78, 5) is 40.5. The number of carboxylic acids is 2. The van der Waals surface area contributed by atoms with Crippen LogP contribution in [0.15, 0.2) is 55.0 Å². The van der Waals surface area contributed by atoms with Crippen molar-refractivity contribution in [3.8, 4) is 11.3 Å². The minimum atomic E-state index is -2.75. The lowest BCUT2D eigenvalue weighted by Gasteiger charge is -2.27. The molecule has 0 bridgehead atoms. The third-order valence-corrected chi connectivity index (χ3v) is 6.71. The molecule has 1 aromatic carbocycles. The van der Waals surface area contributed by atoms with Crippen molar-refractivity contribution in [2.24, 2.45) is 0 Å². The van der Waals surface area contributed by atoms with Crippen molar-refractivity contribution >= 4 is 40.5 Å². The van der Waals surface area contributed by atoms with Crippen LogP contribution in [-0.4, -0.2) is 82.3 Å². The lowest BCUT2D eigenvalue weighted by atomic mass is 9.93. The molecule has 40 heavy (non-hydrogen) atoms. The molecule has 0 saturated carbocycles. The van der Waals surface area contributed by atoms with Crippen LogP contribution in [0.5, 0.6) is 0 Å². The Bertz CT molecular complexity index is 1540. The van der Waals surface area contributed by atoms with E-state index in [2.05, 4.69) is 19.9 Å². The number of benzene rings is 1. The van der Waals surface area contributed by atoms with E-state index in [1.165, 1.54) is 6.33 Å². The maximum Gasteiger partial charge on any atom is 0.348 e. The number of hydrogen-bond donors (Lipinski definition) is 4.